The zero-order valence-electron chi connectivity index (χ0n) is 24.4. The van der Waals surface area contributed by atoms with Crippen molar-refractivity contribution < 1.29 is 24.3 Å². The third kappa shape index (κ3) is 8.44. The summed E-state index contributed by atoms with van der Waals surface area (Å²) in [5, 5.41) is 14.7. The highest BCUT2D eigenvalue weighted by Crippen LogP contribution is 2.41. The van der Waals surface area contributed by atoms with E-state index in [9.17, 15) is 19.2 Å². The van der Waals surface area contributed by atoms with Crippen LogP contribution in [0, 0.1) is 0 Å². The summed E-state index contributed by atoms with van der Waals surface area (Å²) in [4.78, 5) is 55.5. The van der Waals surface area contributed by atoms with E-state index in [-0.39, 0.29) is 36.1 Å². The van der Waals surface area contributed by atoms with E-state index < -0.39 is 29.7 Å². The number of aromatic nitrogens is 1. The summed E-state index contributed by atoms with van der Waals surface area (Å²) >= 11 is 0. The number of rotatable bonds is 15. The first-order valence-electron chi connectivity index (χ1n) is 14.1. The van der Waals surface area contributed by atoms with Crippen LogP contribution in [0.25, 0.3) is 22.4 Å². The van der Waals surface area contributed by atoms with Gasteiger partial charge in [-0.2, -0.15) is 0 Å². The lowest BCUT2D eigenvalue weighted by Gasteiger charge is -2.19. The maximum atomic E-state index is 14.1. The van der Waals surface area contributed by atoms with Crippen LogP contribution in [0.1, 0.15) is 66.4 Å². The lowest BCUT2D eigenvalue weighted by molar-refractivity contribution is -0.137. The first-order chi connectivity index (χ1) is 20.5. The van der Waals surface area contributed by atoms with Crippen LogP contribution in [-0.2, 0) is 9.59 Å². The molecular formula is C31H39N7O5. The molecule has 0 spiro atoms. The predicted octanol–water partition coefficient (Wildman–Crippen LogP) is 2.63. The number of nitrogens with two attached hydrogens (primary N) is 3. The van der Waals surface area contributed by atoms with E-state index in [0.29, 0.717) is 42.8 Å². The molecule has 0 radical (unpaired) electrons. The number of carboxylic acids is 1. The number of carboxylic acid groups (broad SMARTS) is 1. The highest BCUT2D eigenvalue weighted by atomic mass is 16.4. The van der Waals surface area contributed by atoms with Gasteiger partial charge in [-0.15, -0.1) is 0 Å². The maximum Gasteiger partial charge on any atom is 0.303 e. The Bertz CT molecular complexity index is 1460. The third-order valence-electron chi connectivity index (χ3n) is 6.73. The fraction of sp³-hybridized carbons (Fsp3) is 0.323. The number of aliphatic imine (C=N–C) groups is 1. The summed E-state index contributed by atoms with van der Waals surface area (Å²) in [5.41, 5.74) is 19.1. The van der Waals surface area contributed by atoms with E-state index in [4.69, 9.17) is 22.3 Å². The Morgan fingerprint density at radius 2 is 1.49 bits per heavy atom. The molecule has 3 amide bonds. The zero-order chi connectivity index (χ0) is 31.5. The number of amides is 3. The van der Waals surface area contributed by atoms with Gasteiger partial charge in [-0.3, -0.25) is 24.2 Å². The van der Waals surface area contributed by atoms with Crippen molar-refractivity contribution in [1.82, 2.24) is 15.2 Å². The molecule has 0 fully saturated rings. The van der Waals surface area contributed by atoms with Crippen molar-refractivity contribution in [3.05, 3.63) is 71.9 Å². The molecule has 0 saturated carbocycles. The first kappa shape index (κ1) is 32.4. The second-order valence-electron chi connectivity index (χ2n) is 10.3. The molecule has 0 aliphatic carbocycles. The Balaban J connectivity index is 2.21. The number of hydrogen-bond donors (Lipinski definition) is 6. The molecule has 1 atom stereocenters. The van der Waals surface area contributed by atoms with Crippen LogP contribution in [0.2, 0.25) is 0 Å². The summed E-state index contributed by atoms with van der Waals surface area (Å²) in [6.45, 7) is 4.53. The van der Waals surface area contributed by atoms with Crippen LogP contribution in [0.3, 0.4) is 0 Å². The second-order valence-corrected chi connectivity index (χ2v) is 10.3. The number of nitrogens with one attached hydrogen (secondary N) is 2. The van der Waals surface area contributed by atoms with Gasteiger partial charge >= 0.3 is 5.97 Å². The zero-order valence-corrected chi connectivity index (χ0v) is 24.4. The van der Waals surface area contributed by atoms with E-state index in [1.54, 1.807) is 0 Å². The van der Waals surface area contributed by atoms with Gasteiger partial charge in [0.2, 0.25) is 5.91 Å². The summed E-state index contributed by atoms with van der Waals surface area (Å²) in [5.74, 6) is -3.23. The molecule has 3 rings (SSSR count). The van der Waals surface area contributed by atoms with Gasteiger partial charge in [-0.05, 0) is 44.2 Å². The lowest BCUT2D eigenvalue weighted by atomic mass is 9.96. The van der Waals surface area contributed by atoms with Crippen molar-refractivity contribution in [1.29, 1.82) is 0 Å². The minimum Gasteiger partial charge on any atom is -0.481 e. The number of nitrogens with zero attached hydrogens (tertiary/aromatic N) is 2. The number of benzene rings is 2. The van der Waals surface area contributed by atoms with Gasteiger partial charge in [0.05, 0.1) is 11.3 Å². The molecule has 1 unspecified atom stereocenters. The van der Waals surface area contributed by atoms with Gasteiger partial charge < -0.3 is 37.5 Å². The average Bonchev–Trinajstić information content (AvgIpc) is 3.34. The first-order valence-corrected chi connectivity index (χ1v) is 14.1. The summed E-state index contributed by atoms with van der Waals surface area (Å²) in [6.07, 6.45) is 0.632. The van der Waals surface area contributed by atoms with Gasteiger partial charge in [0, 0.05) is 31.1 Å². The molecule has 1 heterocycles. The Labute approximate surface area is 250 Å². The molecule has 0 aliphatic rings. The summed E-state index contributed by atoms with van der Waals surface area (Å²) in [7, 11) is 0. The highest BCUT2D eigenvalue weighted by Gasteiger charge is 2.34. The van der Waals surface area contributed by atoms with Crippen LogP contribution in [0.5, 0.6) is 0 Å². The van der Waals surface area contributed by atoms with E-state index in [1.165, 1.54) is 0 Å². The number of guanidine groups is 1. The average molecular weight is 590 g/mol. The van der Waals surface area contributed by atoms with E-state index in [2.05, 4.69) is 15.6 Å². The van der Waals surface area contributed by atoms with E-state index >= 15 is 0 Å². The molecule has 9 N–H and O–H groups in total. The van der Waals surface area contributed by atoms with E-state index in [1.807, 2.05) is 79.1 Å². The Morgan fingerprint density at radius 1 is 0.884 bits per heavy atom. The normalized spacial score (nSPS) is 11.5. The monoisotopic (exact) mass is 589 g/mol. The van der Waals surface area contributed by atoms with Gasteiger partial charge in [0.25, 0.3) is 11.8 Å². The fourth-order valence-electron chi connectivity index (χ4n) is 4.83. The van der Waals surface area contributed by atoms with Gasteiger partial charge in [0.15, 0.2) is 5.96 Å². The smallest absolute Gasteiger partial charge is 0.303 e. The van der Waals surface area contributed by atoms with Crippen LogP contribution in [0.4, 0.5) is 0 Å². The van der Waals surface area contributed by atoms with Crippen LogP contribution in [-0.4, -0.2) is 58.5 Å². The standard InChI is InChI=1S/C31H39N7O5/c1-19(2)38-26(21-13-7-4-8-14-21)24(20-11-5-3-6-12-20)25(29(42)37-22(28(32)41)15-16-23(39)40)27(38)30(43)35-17-9-10-18-36-31(33)34/h3-8,11-14,19,22H,9-10,15-18H2,1-2H3,(H2,32,41)(H,35,43)(H,37,42)(H,39,40)(H4,33,34,36). The Kier molecular flexibility index (Phi) is 11.4. The number of hydrogen-bond acceptors (Lipinski definition) is 5. The number of primary amides is 1. The fourth-order valence-corrected chi connectivity index (χ4v) is 4.83. The number of carbonyl (C=O) groups excluding carboxylic acids is 3. The molecule has 0 aliphatic heterocycles. The molecule has 12 nitrogen and oxygen atoms in total. The predicted molar refractivity (Wildman–Crippen MR) is 165 cm³/mol. The Hall–Kier alpha value is -5.13. The molecule has 0 bridgehead atoms. The third-order valence-corrected chi connectivity index (χ3v) is 6.73. The second kappa shape index (κ2) is 15.2. The van der Waals surface area contributed by atoms with E-state index in [0.717, 1.165) is 5.56 Å². The van der Waals surface area contributed by atoms with Crippen LogP contribution >= 0.6 is 0 Å². The molecular weight excluding hydrogens is 550 g/mol. The number of aliphatic carboxylic acids is 1. The largest absolute Gasteiger partial charge is 0.481 e. The number of unbranched alkanes of at least 4 members (excludes halogenated alkanes) is 1. The van der Waals surface area contributed by atoms with Crippen molar-refractivity contribution in [2.75, 3.05) is 13.1 Å². The maximum absolute atomic E-state index is 14.1. The SMILES string of the molecule is CC(C)n1c(C(=O)NCCCCN=C(N)N)c(C(=O)NC(CCC(=O)O)C(N)=O)c(-c2ccccc2)c1-c1ccccc1. The quantitative estimate of drug-likeness (QED) is 0.0886. The molecule has 0 saturated heterocycles. The van der Waals surface area contributed by atoms with Crippen molar-refractivity contribution in [3.8, 4) is 22.4 Å². The van der Waals surface area contributed by atoms with Crippen molar-refractivity contribution in [3.63, 3.8) is 0 Å². The van der Waals surface area contributed by atoms with Gasteiger partial charge in [-0.25, -0.2) is 0 Å². The van der Waals surface area contributed by atoms with Crippen LogP contribution < -0.4 is 27.8 Å². The molecule has 2 aromatic carbocycles. The Morgan fingerprint density at radius 3 is 2.02 bits per heavy atom. The summed E-state index contributed by atoms with van der Waals surface area (Å²) < 4.78 is 1.82. The van der Waals surface area contributed by atoms with Gasteiger partial charge in [-0.1, -0.05) is 60.7 Å². The van der Waals surface area contributed by atoms with Gasteiger partial charge in [0.1, 0.15) is 11.7 Å². The molecule has 3 aromatic rings. The summed E-state index contributed by atoms with van der Waals surface area (Å²) in [6, 6.07) is 17.0. The van der Waals surface area contributed by atoms with Crippen molar-refractivity contribution in [2.45, 2.75) is 51.6 Å². The minimum absolute atomic E-state index is 0.00560. The topological polar surface area (TPSA) is 208 Å². The van der Waals surface area contributed by atoms with Crippen molar-refractivity contribution in [2.24, 2.45) is 22.2 Å². The minimum atomic E-state index is -1.26. The molecule has 12 heteroatoms. The molecule has 1 aromatic heterocycles. The molecule has 228 valence electrons. The lowest BCUT2D eigenvalue weighted by Crippen LogP contribution is -2.45. The van der Waals surface area contributed by atoms with Crippen LogP contribution in [0.15, 0.2) is 65.7 Å². The van der Waals surface area contributed by atoms with Crippen molar-refractivity contribution >= 4 is 29.7 Å². The number of carbonyl (C=O) groups is 4. The molecule has 43 heavy (non-hydrogen) atoms. The highest BCUT2D eigenvalue weighted by molar-refractivity contribution is 6.14.